The van der Waals surface area contributed by atoms with Crippen LogP contribution in [0.1, 0.15) is 21.6 Å². The van der Waals surface area contributed by atoms with Crippen molar-refractivity contribution < 1.29 is 4.39 Å². The lowest BCUT2D eigenvalue weighted by molar-refractivity contribution is 0.606. The maximum Gasteiger partial charge on any atom is 0.129 e. The third kappa shape index (κ3) is 3.14. The average molecular weight is 249 g/mol. The molecule has 0 unspecified atom stereocenters. The molecule has 1 N–H and O–H groups in total. The fourth-order valence-electron chi connectivity index (χ4n) is 1.88. The number of hydrogen-bond donors (Lipinski definition) is 1. The van der Waals surface area contributed by atoms with E-state index < -0.39 is 0 Å². The van der Waals surface area contributed by atoms with Crippen LogP contribution in [-0.4, -0.2) is 0 Å². The smallest absolute Gasteiger partial charge is 0.129 e. The normalized spacial score (nSPS) is 10.8. The van der Waals surface area contributed by atoms with Crippen molar-refractivity contribution in [2.45, 2.75) is 26.9 Å². The van der Waals surface area contributed by atoms with Crippen LogP contribution in [0.2, 0.25) is 0 Å². The van der Waals surface area contributed by atoms with Gasteiger partial charge in [0.2, 0.25) is 0 Å². The summed E-state index contributed by atoms with van der Waals surface area (Å²) in [5.41, 5.74) is 2.58. The molecule has 0 bridgehead atoms. The quantitative estimate of drug-likeness (QED) is 0.869. The monoisotopic (exact) mass is 249 g/mol. The van der Waals surface area contributed by atoms with Crippen LogP contribution in [0.5, 0.6) is 0 Å². The molecule has 1 aromatic heterocycles. The van der Waals surface area contributed by atoms with E-state index in [1.165, 1.54) is 4.88 Å². The molecule has 90 valence electrons. The molecule has 1 heterocycles. The highest BCUT2D eigenvalue weighted by Gasteiger charge is 2.04. The lowest BCUT2D eigenvalue weighted by Crippen LogP contribution is -2.12. The number of thiophene rings is 1. The highest BCUT2D eigenvalue weighted by Crippen LogP contribution is 2.15. The molecule has 1 aromatic carbocycles. The number of benzene rings is 1. The minimum atomic E-state index is -0.0907. The average Bonchev–Trinajstić information content (AvgIpc) is 2.79. The van der Waals surface area contributed by atoms with E-state index in [1.54, 1.807) is 11.3 Å². The third-order valence-electron chi connectivity index (χ3n) is 2.70. The van der Waals surface area contributed by atoms with E-state index in [1.807, 2.05) is 32.0 Å². The Balaban J connectivity index is 1.95. The molecule has 0 saturated carbocycles. The summed E-state index contributed by atoms with van der Waals surface area (Å²) in [6.45, 7) is 5.27. The molecule has 3 heteroatoms. The Hall–Kier alpha value is -1.19. The van der Waals surface area contributed by atoms with Crippen molar-refractivity contribution in [3.8, 4) is 0 Å². The van der Waals surface area contributed by atoms with E-state index in [4.69, 9.17) is 0 Å². The summed E-state index contributed by atoms with van der Waals surface area (Å²) in [6, 6.07) is 7.97. The maximum atomic E-state index is 13.4. The standard InChI is InChI=1S/C14H16FNS/c1-10-6-12(7-11(2)14(10)15)8-16-9-13-4-3-5-17-13/h3-7,16H,8-9H2,1-2H3. The lowest BCUT2D eigenvalue weighted by Gasteiger charge is -2.07. The van der Waals surface area contributed by atoms with Crippen LogP contribution >= 0.6 is 11.3 Å². The molecule has 0 radical (unpaired) electrons. The minimum Gasteiger partial charge on any atom is -0.308 e. The van der Waals surface area contributed by atoms with Gasteiger partial charge in [-0.05, 0) is 42.0 Å². The van der Waals surface area contributed by atoms with E-state index in [2.05, 4.69) is 16.8 Å². The van der Waals surface area contributed by atoms with Gasteiger partial charge >= 0.3 is 0 Å². The van der Waals surface area contributed by atoms with Gasteiger partial charge in [-0.1, -0.05) is 18.2 Å². The molecular formula is C14H16FNS. The van der Waals surface area contributed by atoms with Gasteiger partial charge < -0.3 is 5.32 Å². The van der Waals surface area contributed by atoms with E-state index in [0.717, 1.165) is 29.8 Å². The van der Waals surface area contributed by atoms with Crippen LogP contribution in [-0.2, 0) is 13.1 Å². The van der Waals surface area contributed by atoms with Crippen LogP contribution in [0.3, 0.4) is 0 Å². The molecule has 0 aliphatic carbocycles. The summed E-state index contributed by atoms with van der Waals surface area (Å²) in [6.07, 6.45) is 0. The zero-order valence-corrected chi connectivity index (χ0v) is 10.9. The molecule has 0 aliphatic heterocycles. The van der Waals surface area contributed by atoms with Gasteiger partial charge in [-0.3, -0.25) is 0 Å². The van der Waals surface area contributed by atoms with Crippen LogP contribution in [0.15, 0.2) is 29.6 Å². The second-order valence-electron chi connectivity index (χ2n) is 4.23. The summed E-state index contributed by atoms with van der Waals surface area (Å²) >= 11 is 1.74. The second-order valence-corrected chi connectivity index (χ2v) is 5.26. The van der Waals surface area contributed by atoms with E-state index in [-0.39, 0.29) is 5.82 Å². The highest BCUT2D eigenvalue weighted by molar-refractivity contribution is 7.09. The molecule has 0 amide bonds. The number of hydrogen-bond acceptors (Lipinski definition) is 2. The van der Waals surface area contributed by atoms with Gasteiger partial charge in [0, 0.05) is 18.0 Å². The number of aryl methyl sites for hydroxylation is 2. The molecule has 2 aromatic rings. The van der Waals surface area contributed by atoms with Gasteiger partial charge in [0.05, 0.1) is 0 Å². The van der Waals surface area contributed by atoms with E-state index in [0.29, 0.717) is 0 Å². The second kappa shape index (κ2) is 5.43. The SMILES string of the molecule is Cc1cc(CNCc2cccs2)cc(C)c1F. The van der Waals surface area contributed by atoms with Crippen molar-refractivity contribution in [1.29, 1.82) is 0 Å². The Morgan fingerprint density at radius 2 is 1.88 bits per heavy atom. The molecule has 17 heavy (non-hydrogen) atoms. The summed E-state index contributed by atoms with van der Waals surface area (Å²) < 4.78 is 13.4. The molecule has 2 rings (SSSR count). The third-order valence-corrected chi connectivity index (χ3v) is 3.58. The van der Waals surface area contributed by atoms with Gasteiger partial charge in [-0.15, -0.1) is 11.3 Å². The van der Waals surface area contributed by atoms with Crippen molar-refractivity contribution >= 4 is 11.3 Å². The van der Waals surface area contributed by atoms with Gasteiger partial charge in [0.1, 0.15) is 5.82 Å². The summed E-state index contributed by atoms with van der Waals surface area (Å²) in [5, 5.41) is 5.44. The Morgan fingerprint density at radius 1 is 1.18 bits per heavy atom. The first-order valence-corrected chi connectivity index (χ1v) is 6.53. The van der Waals surface area contributed by atoms with Crippen molar-refractivity contribution in [1.82, 2.24) is 5.32 Å². The fourth-order valence-corrected chi connectivity index (χ4v) is 2.56. The van der Waals surface area contributed by atoms with Crippen LogP contribution < -0.4 is 5.32 Å². The Labute approximate surface area is 105 Å². The summed E-state index contributed by atoms with van der Waals surface area (Å²) in [5.74, 6) is -0.0907. The maximum absolute atomic E-state index is 13.4. The topological polar surface area (TPSA) is 12.0 Å². The predicted molar refractivity (Wildman–Crippen MR) is 70.7 cm³/mol. The first-order valence-electron chi connectivity index (χ1n) is 5.65. The molecular weight excluding hydrogens is 233 g/mol. The predicted octanol–water partition coefficient (Wildman–Crippen LogP) is 3.79. The molecule has 0 atom stereocenters. The van der Waals surface area contributed by atoms with Crippen LogP contribution in [0.25, 0.3) is 0 Å². The lowest BCUT2D eigenvalue weighted by atomic mass is 10.1. The molecule has 1 nitrogen and oxygen atoms in total. The fraction of sp³-hybridized carbons (Fsp3) is 0.286. The Kier molecular flexibility index (Phi) is 3.92. The van der Waals surface area contributed by atoms with E-state index >= 15 is 0 Å². The van der Waals surface area contributed by atoms with Crippen molar-refractivity contribution in [3.05, 3.63) is 57.0 Å². The Morgan fingerprint density at radius 3 is 2.47 bits per heavy atom. The Bertz CT molecular complexity index is 468. The van der Waals surface area contributed by atoms with Gasteiger partial charge in [0.15, 0.2) is 0 Å². The van der Waals surface area contributed by atoms with Gasteiger partial charge in [0.25, 0.3) is 0 Å². The molecule has 0 fully saturated rings. The van der Waals surface area contributed by atoms with E-state index in [9.17, 15) is 4.39 Å². The number of rotatable bonds is 4. The van der Waals surface area contributed by atoms with Crippen molar-refractivity contribution in [2.24, 2.45) is 0 Å². The van der Waals surface area contributed by atoms with Gasteiger partial charge in [-0.25, -0.2) is 4.39 Å². The number of halogens is 1. The largest absolute Gasteiger partial charge is 0.308 e. The molecule has 0 aliphatic rings. The molecule has 0 spiro atoms. The first-order chi connectivity index (χ1) is 8.16. The summed E-state index contributed by atoms with van der Waals surface area (Å²) in [4.78, 5) is 1.32. The van der Waals surface area contributed by atoms with Gasteiger partial charge in [-0.2, -0.15) is 0 Å². The zero-order valence-electron chi connectivity index (χ0n) is 10.1. The minimum absolute atomic E-state index is 0.0907. The van der Waals surface area contributed by atoms with Crippen LogP contribution in [0, 0.1) is 19.7 Å². The molecule has 0 saturated heterocycles. The summed E-state index contributed by atoms with van der Waals surface area (Å²) in [7, 11) is 0. The highest BCUT2D eigenvalue weighted by atomic mass is 32.1. The number of nitrogens with one attached hydrogen (secondary N) is 1. The first kappa shape index (κ1) is 12.3. The van der Waals surface area contributed by atoms with Crippen LogP contribution in [0.4, 0.5) is 4.39 Å². The van der Waals surface area contributed by atoms with Crippen molar-refractivity contribution in [3.63, 3.8) is 0 Å². The van der Waals surface area contributed by atoms with Crippen molar-refractivity contribution in [2.75, 3.05) is 0 Å². The zero-order chi connectivity index (χ0) is 12.3.